The molecule has 0 spiro atoms. The Morgan fingerprint density at radius 1 is 1.44 bits per heavy atom. The smallest absolute Gasteiger partial charge is 0.231 e. The van der Waals surface area contributed by atoms with Gasteiger partial charge in [-0.1, -0.05) is 12.8 Å². The van der Waals surface area contributed by atoms with Crippen LogP contribution in [0.25, 0.3) is 0 Å². The van der Waals surface area contributed by atoms with Gasteiger partial charge in [0.25, 0.3) is 0 Å². The summed E-state index contributed by atoms with van der Waals surface area (Å²) in [5.41, 5.74) is 8.12. The Labute approximate surface area is 108 Å². The lowest BCUT2D eigenvalue weighted by Crippen LogP contribution is -2.40. The molecule has 1 aromatic heterocycles. The van der Waals surface area contributed by atoms with Gasteiger partial charge in [0, 0.05) is 13.6 Å². The quantitative estimate of drug-likeness (QED) is 0.853. The van der Waals surface area contributed by atoms with E-state index in [2.05, 4.69) is 10.4 Å². The molecule has 0 saturated heterocycles. The number of aromatic nitrogens is 2. The highest BCUT2D eigenvalue weighted by molar-refractivity contribution is 5.96. The van der Waals surface area contributed by atoms with Crippen LogP contribution in [-0.2, 0) is 11.8 Å². The third kappa shape index (κ3) is 2.03. The molecule has 18 heavy (non-hydrogen) atoms. The topological polar surface area (TPSA) is 72.9 Å². The largest absolute Gasteiger partial charge is 0.329 e. The molecule has 0 unspecified atom stereocenters. The number of aryl methyl sites for hydroxylation is 2. The molecular weight excluding hydrogens is 228 g/mol. The molecule has 0 aromatic carbocycles. The summed E-state index contributed by atoms with van der Waals surface area (Å²) in [4.78, 5) is 12.5. The zero-order valence-electron chi connectivity index (χ0n) is 11.4. The fraction of sp³-hybridized carbons (Fsp3) is 0.692. The molecule has 100 valence electrons. The summed E-state index contributed by atoms with van der Waals surface area (Å²) in [6, 6.07) is 0. The van der Waals surface area contributed by atoms with Crippen molar-refractivity contribution in [1.29, 1.82) is 0 Å². The highest BCUT2D eigenvalue weighted by Gasteiger charge is 2.40. The van der Waals surface area contributed by atoms with E-state index in [1.165, 1.54) is 0 Å². The van der Waals surface area contributed by atoms with E-state index in [-0.39, 0.29) is 11.3 Å². The number of rotatable bonds is 3. The van der Waals surface area contributed by atoms with E-state index in [1.54, 1.807) is 4.68 Å². The van der Waals surface area contributed by atoms with E-state index in [0.717, 1.165) is 42.8 Å². The minimum Gasteiger partial charge on any atom is -0.329 e. The Hall–Kier alpha value is -1.36. The maximum Gasteiger partial charge on any atom is 0.231 e. The van der Waals surface area contributed by atoms with E-state index < -0.39 is 0 Å². The molecule has 5 heteroatoms. The minimum atomic E-state index is -0.366. The number of anilines is 1. The van der Waals surface area contributed by atoms with Gasteiger partial charge >= 0.3 is 0 Å². The van der Waals surface area contributed by atoms with E-state index in [0.29, 0.717) is 6.54 Å². The van der Waals surface area contributed by atoms with Gasteiger partial charge in [0.2, 0.25) is 5.91 Å². The average Bonchev–Trinajstić information content (AvgIpc) is 2.91. The second kappa shape index (κ2) is 4.72. The van der Waals surface area contributed by atoms with Gasteiger partial charge in [0.15, 0.2) is 0 Å². The second-order valence-corrected chi connectivity index (χ2v) is 5.32. The number of carbonyl (C=O) groups is 1. The molecule has 1 saturated carbocycles. The van der Waals surface area contributed by atoms with Gasteiger partial charge in [-0.25, -0.2) is 0 Å². The highest BCUT2D eigenvalue weighted by Crippen LogP contribution is 2.38. The van der Waals surface area contributed by atoms with Crippen LogP contribution >= 0.6 is 0 Å². The number of carbonyl (C=O) groups excluding carboxylic acids is 1. The predicted molar refractivity (Wildman–Crippen MR) is 71.3 cm³/mol. The highest BCUT2D eigenvalue weighted by atomic mass is 16.2. The van der Waals surface area contributed by atoms with Crippen LogP contribution in [0, 0.1) is 19.3 Å². The van der Waals surface area contributed by atoms with Crippen molar-refractivity contribution in [3.63, 3.8) is 0 Å². The van der Waals surface area contributed by atoms with Gasteiger partial charge < -0.3 is 11.1 Å². The number of hydrogen-bond donors (Lipinski definition) is 2. The molecule has 1 aromatic rings. The lowest BCUT2D eigenvalue weighted by atomic mass is 9.85. The second-order valence-electron chi connectivity index (χ2n) is 5.32. The third-order valence-corrected chi connectivity index (χ3v) is 4.18. The van der Waals surface area contributed by atoms with Gasteiger partial charge in [-0.3, -0.25) is 9.48 Å². The molecular formula is C13H22N4O. The van der Waals surface area contributed by atoms with Crippen molar-refractivity contribution >= 4 is 11.6 Å². The van der Waals surface area contributed by atoms with Crippen molar-refractivity contribution in [2.75, 3.05) is 11.9 Å². The lowest BCUT2D eigenvalue weighted by Gasteiger charge is -2.25. The van der Waals surface area contributed by atoms with Gasteiger partial charge in [-0.15, -0.1) is 0 Å². The first-order valence-corrected chi connectivity index (χ1v) is 6.52. The van der Waals surface area contributed by atoms with Crippen LogP contribution in [0.5, 0.6) is 0 Å². The Morgan fingerprint density at radius 3 is 2.50 bits per heavy atom. The molecule has 5 nitrogen and oxygen atoms in total. The van der Waals surface area contributed by atoms with Gasteiger partial charge in [0.1, 0.15) is 0 Å². The number of hydrogen-bond acceptors (Lipinski definition) is 3. The third-order valence-electron chi connectivity index (χ3n) is 4.18. The van der Waals surface area contributed by atoms with Crippen LogP contribution in [0.3, 0.4) is 0 Å². The summed E-state index contributed by atoms with van der Waals surface area (Å²) >= 11 is 0. The molecule has 3 N–H and O–H groups in total. The molecule has 1 aliphatic rings. The van der Waals surface area contributed by atoms with E-state index in [9.17, 15) is 4.79 Å². The minimum absolute atomic E-state index is 0.0571. The standard InChI is InChI=1S/C13H22N4O/c1-9-11(10(2)17(3)16-9)15-12(18)13(8-14)6-4-5-7-13/h4-8,14H2,1-3H3,(H,15,18). The summed E-state index contributed by atoms with van der Waals surface area (Å²) in [5, 5.41) is 7.34. The van der Waals surface area contributed by atoms with Crippen molar-refractivity contribution in [2.24, 2.45) is 18.2 Å². The van der Waals surface area contributed by atoms with E-state index >= 15 is 0 Å². The van der Waals surface area contributed by atoms with Crippen molar-refractivity contribution in [2.45, 2.75) is 39.5 Å². The Balaban J connectivity index is 2.21. The van der Waals surface area contributed by atoms with E-state index in [4.69, 9.17) is 5.73 Å². The Bertz CT molecular complexity index is 458. The molecule has 0 atom stereocenters. The molecule has 0 aliphatic heterocycles. The van der Waals surface area contributed by atoms with Crippen molar-refractivity contribution in [3.8, 4) is 0 Å². The molecule has 0 bridgehead atoms. The number of nitrogens with zero attached hydrogens (tertiary/aromatic N) is 2. The summed E-state index contributed by atoms with van der Waals surface area (Å²) in [6.07, 6.45) is 3.98. The van der Waals surface area contributed by atoms with Crippen LogP contribution in [0.2, 0.25) is 0 Å². The molecule has 1 heterocycles. The van der Waals surface area contributed by atoms with Crippen LogP contribution in [0.1, 0.15) is 37.1 Å². The van der Waals surface area contributed by atoms with Crippen LogP contribution in [-0.4, -0.2) is 22.2 Å². The Morgan fingerprint density at radius 2 is 2.06 bits per heavy atom. The SMILES string of the molecule is Cc1nn(C)c(C)c1NC(=O)C1(CN)CCCC1. The first kappa shape index (κ1) is 13.1. The van der Waals surface area contributed by atoms with Crippen LogP contribution in [0.15, 0.2) is 0 Å². The zero-order chi connectivity index (χ0) is 13.3. The summed E-state index contributed by atoms with van der Waals surface area (Å²) < 4.78 is 1.79. The predicted octanol–water partition coefficient (Wildman–Crippen LogP) is 1.49. The molecule has 0 radical (unpaired) electrons. The fourth-order valence-corrected chi connectivity index (χ4v) is 2.78. The molecule has 2 rings (SSSR count). The van der Waals surface area contributed by atoms with Gasteiger partial charge in [-0.2, -0.15) is 5.10 Å². The van der Waals surface area contributed by atoms with Gasteiger partial charge in [0.05, 0.1) is 22.5 Å². The van der Waals surface area contributed by atoms with E-state index in [1.807, 2.05) is 20.9 Å². The summed E-state index contributed by atoms with van der Waals surface area (Å²) in [6.45, 7) is 4.29. The van der Waals surface area contributed by atoms with Crippen molar-refractivity contribution in [3.05, 3.63) is 11.4 Å². The van der Waals surface area contributed by atoms with Gasteiger partial charge in [-0.05, 0) is 26.7 Å². The Kier molecular flexibility index (Phi) is 3.43. The number of amides is 1. The molecule has 1 fully saturated rings. The summed E-state index contributed by atoms with van der Waals surface area (Å²) in [7, 11) is 1.88. The maximum absolute atomic E-state index is 12.5. The molecule has 1 amide bonds. The number of nitrogens with two attached hydrogens (primary N) is 1. The number of nitrogens with one attached hydrogen (secondary N) is 1. The van der Waals surface area contributed by atoms with Crippen molar-refractivity contribution in [1.82, 2.24) is 9.78 Å². The van der Waals surface area contributed by atoms with Crippen LogP contribution < -0.4 is 11.1 Å². The average molecular weight is 250 g/mol. The first-order chi connectivity index (χ1) is 8.50. The molecule has 1 aliphatic carbocycles. The monoisotopic (exact) mass is 250 g/mol. The summed E-state index contributed by atoms with van der Waals surface area (Å²) in [5.74, 6) is 0.0571. The fourth-order valence-electron chi connectivity index (χ4n) is 2.78. The van der Waals surface area contributed by atoms with Crippen molar-refractivity contribution < 1.29 is 4.79 Å². The van der Waals surface area contributed by atoms with Crippen LogP contribution in [0.4, 0.5) is 5.69 Å². The zero-order valence-corrected chi connectivity index (χ0v) is 11.4. The first-order valence-electron chi connectivity index (χ1n) is 6.52. The maximum atomic E-state index is 12.5. The normalized spacial score (nSPS) is 18.0. The lowest BCUT2D eigenvalue weighted by molar-refractivity contribution is -0.124.